The Bertz CT molecular complexity index is 323. The summed E-state index contributed by atoms with van der Waals surface area (Å²) < 4.78 is 0. The lowest BCUT2D eigenvalue weighted by Gasteiger charge is -2.19. The van der Waals surface area contributed by atoms with Gasteiger partial charge in [-0.1, -0.05) is 34.9 Å². The molecular weight excluding hydrogens is 227 g/mol. The van der Waals surface area contributed by atoms with Gasteiger partial charge in [0.25, 0.3) is 0 Å². The van der Waals surface area contributed by atoms with Gasteiger partial charge >= 0.3 is 0 Å². The van der Waals surface area contributed by atoms with Crippen LogP contribution in [0.5, 0.6) is 0 Å². The van der Waals surface area contributed by atoms with Crippen molar-refractivity contribution in [3.05, 3.63) is 34.4 Å². The number of hydrogen-bond donors (Lipinski definition) is 0. The molecule has 0 amide bonds. The number of allylic oxidation sites excluding steroid dienone is 6. The lowest BCUT2D eigenvalue weighted by molar-refractivity contribution is 0.690. The van der Waals surface area contributed by atoms with Crippen LogP contribution < -0.4 is 0 Å². The van der Waals surface area contributed by atoms with Crippen molar-refractivity contribution in [2.24, 2.45) is 0 Å². The minimum atomic E-state index is 0.347. The quantitative estimate of drug-likeness (QED) is 0.476. The van der Waals surface area contributed by atoms with Gasteiger partial charge in [-0.3, -0.25) is 0 Å². The third-order valence-corrected chi connectivity index (χ3v) is 3.63. The summed E-state index contributed by atoms with van der Waals surface area (Å²) in [5.74, 6) is 0. The maximum absolute atomic E-state index is 6.16. The molecule has 0 bridgehead atoms. The van der Waals surface area contributed by atoms with Crippen LogP contribution in [0.3, 0.4) is 0 Å². The van der Waals surface area contributed by atoms with Gasteiger partial charge in [-0.05, 0) is 44.6 Å². The molecule has 2 heteroatoms. The number of hydrogen-bond acceptors (Lipinski definition) is 0. The summed E-state index contributed by atoms with van der Waals surface area (Å²) in [6.45, 7) is 0. The zero-order valence-corrected chi connectivity index (χ0v) is 10.3. The monoisotopic (exact) mass is 242 g/mol. The Morgan fingerprint density at radius 2 is 2.07 bits per heavy atom. The number of halogens is 2. The summed E-state index contributed by atoms with van der Waals surface area (Å²) in [5.41, 5.74) is 2.96. The SMILES string of the molecule is ClC1=CCCC(CC2=CCCC(Cl)C2)=C1. The van der Waals surface area contributed by atoms with Crippen LogP contribution >= 0.6 is 23.2 Å². The zero-order chi connectivity index (χ0) is 10.7. The smallest absolute Gasteiger partial charge is 0.0376 e. The van der Waals surface area contributed by atoms with Crippen LogP contribution in [-0.4, -0.2) is 5.38 Å². The average molecular weight is 243 g/mol. The molecule has 0 aromatic carbocycles. The molecule has 0 aliphatic heterocycles. The van der Waals surface area contributed by atoms with E-state index in [-0.39, 0.29) is 0 Å². The van der Waals surface area contributed by atoms with Gasteiger partial charge in [-0.2, -0.15) is 0 Å². The first-order chi connectivity index (χ1) is 7.24. The molecule has 0 fully saturated rings. The summed E-state index contributed by atoms with van der Waals surface area (Å²) in [6.07, 6.45) is 13.2. The Balaban J connectivity index is 1.97. The molecule has 1 unspecified atom stereocenters. The number of rotatable bonds is 2. The topological polar surface area (TPSA) is 0 Å². The first-order valence-corrected chi connectivity index (χ1v) is 6.42. The van der Waals surface area contributed by atoms with E-state index in [0.717, 1.165) is 43.6 Å². The zero-order valence-electron chi connectivity index (χ0n) is 8.81. The molecule has 0 radical (unpaired) electrons. The van der Waals surface area contributed by atoms with E-state index >= 15 is 0 Å². The van der Waals surface area contributed by atoms with E-state index in [1.54, 1.807) is 0 Å². The van der Waals surface area contributed by atoms with Gasteiger partial charge in [0.1, 0.15) is 0 Å². The van der Waals surface area contributed by atoms with E-state index in [0.29, 0.717) is 5.38 Å². The van der Waals surface area contributed by atoms with Crippen LogP contribution in [0, 0.1) is 0 Å². The fourth-order valence-electron chi connectivity index (χ4n) is 2.24. The van der Waals surface area contributed by atoms with E-state index < -0.39 is 0 Å². The highest BCUT2D eigenvalue weighted by atomic mass is 35.5. The lowest BCUT2D eigenvalue weighted by Crippen LogP contribution is -2.06. The van der Waals surface area contributed by atoms with Crippen LogP contribution in [0.15, 0.2) is 34.4 Å². The highest BCUT2D eigenvalue weighted by molar-refractivity contribution is 6.31. The van der Waals surface area contributed by atoms with Crippen molar-refractivity contribution in [3.63, 3.8) is 0 Å². The summed E-state index contributed by atoms with van der Waals surface area (Å²) >= 11 is 12.2. The van der Waals surface area contributed by atoms with E-state index in [9.17, 15) is 0 Å². The molecule has 0 spiro atoms. The minimum Gasteiger partial charge on any atom is -0.123 e. The van der Waals surface area contributed by atoms with Crippen molar-refractivity contribution in [3.8, 4) is 0 Å². The molecule has 82 valence electrons. The van der Waals surface area contributed by atoms with Crippen molar-refractivity contribution in [1.82, 2.24) is 0 Å². The fraction of sp³-hybridized carbons (Fsp3) is 0.538. The van der Waals surface area contributed by atoms with Gasteiger partial charge in [0.15, 0.2) is 0 Å². The van der Waals surface area contributed by atoms with Crippen LogP contribution in [0.2, 0.25) is 0 Å². The van der Waals surface area contributed by atoms with Crippen molar-refractivity contribution in [2.75, 3.05) is 0 Å². The molecule has 2 aliphatic rings. The van der Waals surface area contributed by atoms with E-state index in [1.165, 1.54) is 11.1 Å². The Morgan fingerprint density at radius 3 is 2.80 bits per heavy atom. The van der Waals surface area contributed by atoms with Crippen LogP contribution in [0.1, 0.15) is 38.5 Å². The molecule has 0 aromatic heterocycles. The van der Waals surface area contributed by atoms with E-state index in [2.05, 4.69) is 18.2 Å². The van der Waals surface area contributed by atoms with Gasteiger partial charge in [0.05, 0.1) is 0 Å². The molecule has 2 rings (SSSR count). The second-order valence-corrected chi connectivity index (χ2v) is 5.40. The highest BCUT2D eigenvalue weighted by Crippen LogP contribution is 2.30. The summed E-state index contributed by atoms with van der Waals surface area (Å²) in [7, 11) is 0. The van der Waals surface area contributed by atoms with Gasteiger partial charge in [0.2, 0.25) is 0 Å². The van der Waals surface area contributed by atoms with Gasteiger partial charge < -0.3 is 0 Å². The Morgan fingerprint density at radius 1 is 1.20 bits per heavy atom. The number of alkyl halides is 1. The summed E-state index contributed by atoms with van der Waals surface area (Å²) in [4.78, 5) is 0. The maximum Gasteiger partial charge on any atom is 0.0376 e. The second-order valence-electron chi connectivity index (χ2n) is 4.35. The van der Waals surface area contributed by atoms with Crippen molar-refractivity contribution in [2.45, 2.75) is 43.9 Å². The Labute approximate surface area is 102 Å². The molecule has 0 nitrogen and oxygen atoms in total. The Kier molecular flexibility index (Phi) is 3.93. The van der Waals surface area contributed by atoms with Crippen molar-refractivity contribution >= 4 is 23.2 Å². The first-order valence-electron chi connectivity index (χ1n) is 5.61. The van der Waals surface area contributed by atoms with Crippen LogP contribution in [0.4, 0.5) is 0 Å². The fourth-order valence-corrected chi connectivity index (χ4v) is 2.82. The van der Waals surface area contributed by atoms with Crippen molar-refractivity contribution in [1.29, 1.82) is 0 Å². The predicted molar refractivity (Wildman–Crippen MR) is 67.4 cm³/mol. The standard InChI is InChI=1S/C13H16Cl2/c14-12-5-1-3-10(8-12)7-11-4-2-6-13(15)9-11/h3,6,9,12H,1-2,4-5,7-8H2. The minimum absolute atomic E-state index is 0.347. The summed E-state index contributed by atoms with van der Waals surface area (Å²) in [6, 6.07) is 0. The molecule has 0 saturated carbocycles. The van der Waals surface area contributed by atoms with Crippen LogP contribution in [-0.2, 0) is 0 Å². The molecule has 15 heavy (non-hydrogen) atoms. The second kappa shape index (κ2) is 5.23. The van der Waals surface area contributed by atoms with Crippen molar-refractivity contribution < 1.29 is 0 Å². The predicted octanol–water partition coefficient (Wildman–Crippen LogP) is 4.94. The van der Waals surface area contributed by atoms with Gasteiger partial charge in [0, 0.05) is 10.4 Å². The van der Waals surface area contributed by atoms with E-state index in [4.69, 9.17) is 23.2 Å². The summed E-state index contributed by atoms with van der Waals surface area (Å²) in [5, 5.41) is 1.25. The third kappa shape index (κ3) is 3.39. The first kappa shape index (κ1) is 11.3. The highest BCUT2D eigenvalue weighted by Gasteiger charge is 2.14. The molecule has 0 N–H and O–H groups in total. The average Bonchev–Trinajstić information content (AvgIpc) is 2.17. The maximum atomic E-state index is 6.16. The van der Waals surface area contributed by atoms with Gasteiger partial charge in [-0.15, -0.1) is 11.6 Å². The molecule has 2 aliphatic carbocycles. The third-order valence-electron chi connectivity index (χ3n) is 3.00. The lowest BCUT2D eigenvalue weighted by atomic mass is 9.91. The molecule has 0 aromatic rings. The van der Waals surface area contributed by atoms with Gasteiger partial charge in [-0.25, -0.2) is 0 Å². The Hall–Kier alpha value is -0.200. The van der Waals surface area contributed by atoms with Crippen LogP contribution in [0.25, 0.3) is 0 Å². The molecule has 0 heterocycles. The largest absolute Gasteiger partial charge is 0.123 e. The molecule has 0 saturated heterocycles. The van der Waals surface area contributed by atoms with E-state index in [1.807, 2.05) is 0 Å². The normalized spacial score (nSPS) is 26.8. The molecule has 1 atom stereocenters. The molecular formula is C13H16Cl2.